The highest BCUT2D eigenvalue weighted by molar-refractivity contribution is 7.18. The Labute approximate surface area is 219 Å². The molecular formula is C27H20F3N5O2S. The molecule has 0 aliphatic rings. The number of nitrogens with one attached hydrogen (secondary N) is 2. The number of carbonyl (C=O) groups excluding carboxylic acids is 1. The minimum absolute atomic E-state index is 0.0320. The number of pyridine rings is 2. The zero-order chi connectivity index (χ0) is 26.9. The molecule has 5 aromatic rings. The van der Waals surface area contributed by atoms with Gasteiger partial charge in [0.05, 0.1) is 12.7 Å². The maximum atomic E-state index is 12.9. The minimum Gasteiger partial charge on any atom is -0.481 e. The Hall–Kier alpha value is -4.64. The Bertz CT molecular complexity index is 1620. The number of thiophene rings is 1. The smallest absolute Gasteiger partial charge is 0.416 e. The molecule has 3 aromatic heterocycles. The number of methoxy groups -OCH3 is 1. The SMILES string of the molecule is COc1ccc(-c2cnc(N)c3c(-c4ccc(NC(=O)Nc5cccc(C(F)(F)F)c5)cc4)csc23)cn1. The standard InChI is InChI=1S/C27H20F3N5O2S/c1-37-22-10-7-16(12-32-22)20-13-33-25(31)23-21(14-38-24(20)23)15-5-8-18(9-6-15)34-26(36)35-19-4-2-3-17(11-19)27(28,29)30/h2-14H,1H3,(H2,31,33)(H2,34,35,36). The van der Waals surface area contributed by atoms with Crippen LogP contribution >= 0.6 is 11.3 Å². The number of hydrogen-bond acceptors (Lipinski definition) is 6. The average Bonchev–Trinajstić information content (AvgIpc) is 3.35. The van der Waals surface area contributed by atoms with Crippen LogP contribution in [0.1, 0.15) is 5.56 Å². The molecule has 0 radical (unpaired) electrons. The molecule has 0 unspecified atom stereocenters. The average molecular weight is 536 g/mol. The Morgan fingerprint density at radius 3 is 2.34 bits per heavy atom. The molecule has 192 valence electrons. The largest absolute Gasteiger partial charge is 0.481 e. The highest BCUT2D eigenvalue weighted by Gasteiger charge is 2.30. The molecule has 7 nitrogen and oxygen atoms in total. The minimum atomic E-state index is -4.50. The number of aromatic nitrogens is 2. The van der Waals surface area contributed by atoms with Gasteiger partial charge in [0.1, 0.15) is 5.82 Å². The zero-order valence-corrected chi connectivity index (χ0v) is 20.7. The highest BCUT2D eigenvalue weighted by Crippen LogP contribution is 2.42. The number of ether oxygens (including phenoxy) is 1. The summed E-state index contributed by atoms with van der Waals surface area (Å²) in [4.78, 5) is 21.0. The number of carbonyl (C=O) groups is 1. The van der Waals surface area contributed by atoms with Gasteiger partial charge in [0.25, 0.3) is 0 Å². The van der Waals surface area contributed by atoms with Crippen molar-refractivity contribution in [2.24, 2.45) is 0 Å². The second kappa shape index (κ2) is 10.0. The molecule has 0 atom stereocenters. The number of nitrogens with zero attached hydrogens (tertiary/aromatic N) is 2. The third-order valence-electron chi connectivity index (χ3n) is 5.78. The van der Waals surface area contributed by atoms with Gasteiger partial charge in [-0.25, -0.2) is 14.8 Å². The van der Waals surface area contributed by atoms with Gasteiger partial charge in [0, 0.05) is 56.6 Å². The zero-order valence-electron chi connectivity index (χ0n) is 19.8. The van der Waals surface area contributed by atoms with Crippen LogP contribution < -0.4 is 21.1 Å². The molecule has 0 spiro atoms. The van der Waals surface area contributed by atoms with Crippen LogP contribution in [-0.4, -0.2) is 23.1 Å². The highest BCUT2D eigenvalue weighted by atomic mass is 32.1. The van der Waals surface area contributed by atoms with Crippen molar-refractivity contribution in [2.45, 2.75) is 6.18 Å². The summed E-state index contributed by atoms with van der Waals surface area (Å²) in [6.07, 6.45) is -1.06. The molecule has 0 saturated carbocycles. The quantitative estimate of drug-likeness (QED) is 0.220. The van der Waals surface area contributed by atoms with Crippen molar-refractivity contribution in [3.05, 3.63) is 84.0 Å². The summed E-state index contributed by atoms with van der Waals surface area (Å²) in [6, 6.07) is 14.5. The van der Waals surface area contributed by atoms with Crippen molar-refractivity contribution in [1.82, 2.24) is 9.97 Å². The van der Waals surface area contributed by atoms with Crippen LogP contribution in [0.2, 0.25) is 0 Å². The van der Waals surface area contributed by atoms with E-state index in [0.29, 0.717) is 17.4 Å². The number of anilines is 3. The summed E-state index contributed by atoms with van der Waals surface area (Å²) >= 11 is 1.53. The molecule has 11 heteroatoms. The Morgan fingerprint density at radius 2 is 1.66 bits per heavy atom. The van der Waals surface area contributed by atoms with Gasteiger partial charge >= 0.3 is 12.2 Å². The molecule has 38 heavy (non-hydrogen) atoms. The van der Waals surface area contributed by atoms with E-state index in [1.807, 2.05) is 23.6 Å². The topological polar surface area (TPSA) is 102 Å². The van der Waals surface area contributed by atoms with Crippen LogP contribution in [0.15, 0.2) is 78.4 Å². The number of rotatable bonds is 5. The van der Waals surface area contributed by atoms with E-state index in [4.69, 9.17) is 10.5 Å². The van der Waals surface area contributed by atoms with E-state index in [-0.39, 0.29) is 5.69 Å². The lowest BCUT2D eigenvalue weighted by Gasteiger charge is -2.11. The number of benzene rings is 2. The van der Waals surface area contributed by atoms with Crippen LogP contribution in [0.25, 0.3) is 32.3 Å². The third kappa shape index (κ3) is 5.09. The van der Waals surface area contributed by atoms with E-state index >= 15 is 0 Å². The monoisotopic (exact) mass is 535 g/mol. The predicted molar refractivity (Wildman–Crippen MR) is 143 cm³/mol. The van der Waals surface area contributed by atoms with Crippen molar-refractivity contribution in [2.75, 3.05) is 23.5 Å². The van der Waals surface area contributed by atoms with Gasteiger partial charge in [-0.15, -0.1) is 11.3 Å². The summed E-state index contributed by atoms with van der Waals surface area (Å²) in [5.41, 5.74) is 9.43. The van der Waals surface area contributed by atoms with Crippen molar-refractivity contribution >= 4 is 44.6 Å². The Balaban J connectivity index is 1.36. The van der Waals surface area contributed by atoms with Crippen LogP contribution in [0, 0.1) is 0 Å². The van der Waals surface area contributed by atoms with E-state index in [9.17, 15) is 18.0 Å². The molecule has 4 N–H and O–H groups in total. The number of amides is 2. The van der Waals surface area contributed by atoms with Crippen molar-refractivity contribution in [3.8, 4) is 28.1 Å². The van der Waals surface area contributed by atoms with Crippen LogP contribution in [0.5, 0.6) is 5.88 Å². The maximum absolute atomic E-state index is 12.9. The van der Waals surface area contributed by atoms with E-state index < -0.39 is 17.8 Å². The first kappa shape index (κ1) is 25.0. The summed E-state index contributed by atoms with van der Waals surface area (Å²) in [5.74, 6) is 0.904. The van der Waals surface area contributed by atoms with Crippen molar-refractivity contribution in [1.29, 1.82) is 0 Å². The molecule has 2 amide bonds. The normalized spacial score (nSPS) is 11.4. The first-order valence-corrected chi connectivity index (χ1v) is 12.1. The first-order valence-electron chi connectivity index (χ1n) is 11.2. The fourth-order valence-electron chi connectivity index (χ4n) is 3.95. The lowest BCUT2D eigenvalue weighted by Crippen LogP contribution is -2.19. The summed E-state index contributed by atoms with van der Waals surface area (Å²) < 4.78 is 44.9. The molecule has 0 aliphatic heterocycles. The molecule has 2 aromatic carbocycles. The van der Waals surface area contributed by atoms with Gasteiger partial charge in [-0.05, 0) is 47.3 Å². The van der Waals surface area contributed by atoms with Gasteiger partial charge in [-0.2, -0.15) is 13.2 Å². The van der Waals surface area contributed by atoms with Gasteiger partial charge in [-0.1, -0.05) is 18.2 Å². The first-order chi connectivity index (χ1) is 18.2. The van der Waals surface area contributed by atoms with Gasteiger partial charge < -0.3 is 21.1 Å². The number of nitrogen functional groups attached to an aromatic ring is 1. The number of halogens is 3. The fraction of sp³-hybridized carbons (Fsp3) is 0.0741. The molecule has 0 bridgehead atoms. The number of hydrogen-bond donors (Lipinski definition) is 3. The third-order valence-corrected chi connectivity index (χ3v) is 6.80. The van der Waals surface area contributed by atoms with Crippen molar-refractivity contribution in [3.63, 3.8) is 0 Å². The van der Waals surface area contributed by atoms with Gasteiger partial charge in [0.15, 0.2) is 0 Å². The number of nitrogens with two attached hydrogens (primary N) is 1. The summed E-state index contributed by atoms with van der Waals surface area (Å²) in [7, 11) is 1.56. The van der Waals surface area contributed by atoms with E-state index in [1.165, 1.54) is 23.5 Å². The number of urea groups is 1. The second-order valence-electron chi connectivity index (χ2n) is 8.23. The van der Waals surface area contributed by atoms with E-state index in [2.05, 4.69) is 20.6 Å². The van der Waals surface area contributed by atoms with Crippen LogP contribution in [-0.2, 0) is 6.18 Å². The lowest BCUT2D eigenvalue weighted by molar-refractivity contribution is -0.137. The van der Waals surface area contributed by atoms with Gasteiger partial charge in [-0.3, -0.25) is 0 Å². The maximum Gasteiger partial charge on any atom is 0.416 e. The summed E-state index contributed by atoms with van der Waals surface area (Å²) in [6.45, 7) is 0. The van der Waals surface area contributed by atoms with Gasteiger partial charge in [0.2, 0.25) is 5.88 Å². The van der Waals surface area contributed by atoms with Crippen LogP contribution in [0.3, 0.4) is 0 Å². The van der Waals surface area contributed by atoms with Crippen LogP contribution in [0.4, 0.5) is 35.2 Å². The molecule has 0 aliphatic carbocycles. The van der Waals surface area contributed by atoms with E-state index in [1.54, 1.807) is 37.7 Å². The fourth-order valence-corrected chi connectivity index (χ4v) is 5.07. The summed E-state index contributed by atoms with van der Waals surface area (Å²) in [5, 5.41) is 7.85. The second-order valence-corrected chi connectivity index (χ2v) is 9.11. The predicted octanol–water partition coefficient (Wildman–Crippen LogP) is 7.28. The molecule has 3 heterocycles. The Morgan fingerprint density at radius 1 is 0.921 bits per heavy atom. The lowest BCUT2D eigenvalue weighted by atomic mass is 10.0. The molecule has 0 fully saturated rings. The number of alkyl halides is 3. The molecular weight excluding hydrogens is 515 g/mol. The molecule has 5 rings (SSSR count). The Kier molecular flexibility index (Phi) is 6.60. The van der Waals surface area contributed by atoms with E-state index in [0.717, 1.165) is 44.5 Å². The van der Waals surface area contributed by atoms with Crippen molar-refractivity contribution < 1.29 is 22.7 Å². The molecule has 0 saturated heterocycles. The number of fused-ring (bicyclic) bond motifs is 1.